The van der Waals surface area contributed by atoms with Gasteiger partial charge in [0.05, 0.1) is 0 Å². The second-order valence-corrected chi connectivity index (χ2v) is 6.87. The van der Waals surface area contributed by atoms with Crippen LogP contribution in [0.2, 0.25) is 0 Å². The van der Waals surface area contributed by atoms with E-state index in [2.05, 4.69) is 58.7 Å². The summed E-state index contributed by atoms with van der Waals surface area (Å²) in [5.74, 6) is 0.521. The molecule has 0 aliphatic rings. The summed E-state index contributed by atoms with van der Waals surface area (Å²) in [7, 11) is 4.15. The monoisotopic (exact) mass is 325 g/mol. The Bertz CT molecular complexity index is 588. The van der Waals surface area contributed by atoms with Gasteiger partial charge in [-0.3, -0.25) is 4.57 Å². The average molecular weight is 326 g/mol. The highest BCUT2D eigenvalue weighted by atomic mass is 79.9. The topological polar surface area (TPSA) is 60.0 Å². The molecule has 2 N–H and O–H groups in total. The molecule has 0 saturated carbocycles. The van der Waals surface area contributed by atoms with E-state index in [0.717, 1.165) is 28.7 Å². The number of anilines is 1. The summed E-state index contributed by atoms with van der Waals surface area (Å²) in [4.78, 5) is 11.0. The number of rotatable bonds is 4. The van der Waals surface area contributed by atoms with Crippen LogP contribution in [0.25, 0.3) is 11.2 Å². The molecule has 0 amide bonds. The maximum absolute atomic E-state index is 6.02. The number of hydrogen-bond donors (Lipinski definition) is 1. The molecule has 2 rings (SSSR count). The van der Waals surface area contributed by atoms with Gasteiger partial charge in [0.15, 0.2) is 5.65 Å². The van der Waals surface area contributed by atoms with Crippen LogP contribution in [0.15, 0.2) is 16.7 Å². The van der Waals surface area contributed by atoms with Crippen LogP contribution in [0.3, 0.4) is 0 Å². The molecule has 19 heavy (non-hydrogen) atoms. The SMILES string of the molecule is CN(C)CC(C)(C)Cn1c(N)nc2cc(Br)cnc21. The van der Waals surface area contributed by atoms with Gasteiger partial charge in [-0.1, -0.05) is 13.8 Å². The molecular weight excluding hydrogens is 306 g/mol. The number of halogens is 1. The van der Waals surface area contributed by atoms with Crippen molar-refractivity contribution < 1.29 is 0 Å². The number of imidazole rings is 1. The summed E-state index contributed by atoms with van der Waals surface area (Å²) in [6.45, 7) is 6.21. The normalized spacial score (nSPS) is 12.5. The lowest BCUT2D eigenvalue weighted by atomic mass is 9.93. The van der Waals surface area contributed by atoms with Crippen molar-refractivity contribution in [2.45, 2.75) is 20.4 Å². The number of pyridine rings is 1. The van der Waals surface area contributed by atoms with E-state index in [-0.39, 0.29) is 5.41 Å². The van der Waals surface area contributed by atoms with Crippen LogP contribution < -0.4 is 5.73 Å². The van der Waals surface area contributed by atoms with Gasteiger partial charge in [0.2, 0.25) is 5.95 Å². The van der Waals surface area contributed by atoms with Gasteiger partial charge in [-0.25, -0.2) is 9.97 Å². The van der Waals surface area contributed by atoms with Crippen LogP contribution in [0.1, 0.15) is 13.8 Å². The Labute approximate surface area is 121 Å². The molecule has 0 aliphatic heterocycles. The molecule has 0 aliphatic carbocycles. The Morgan fingerprint density at radius 1 is 1.42 bits per heavy atom. The molecule has 0 spiro atoms. The highest BCUT2D eigenvalue weighted by Crippen LogP contribution is 2.25. The van der Waals surface area contributed by atoms with E-state index in [1.165, 1.54) is 0 Å². The molecule has 0 unspecified atom stereocenters. The van der Waals surface area contributed by atoms with Crippen LogP contribution in [-0.4, -0.2) is 40.1 Å². The van der Waals surface area contributed by atoms with Crippen molar-refractivity contribution in [3.05, 3.63) is 16.7 Å². The molecule has 0 aromatic carbocycles. The Hall–Kier alpha value is -1.14. The minimum absolute atomic E-state index is 0.0972. The zero-order valence-corrected chi connectivity index (χ0v) is 13.4. The van der Waals surface area contributed by atoms with Crippen LogP contribution in [-0.2, 0) is 6.54 Å². The molecule has 2 heterocycles. The van der Waals surface area contributed by atoms with E-state index in [0.29, 0.717) is 5.95 Å². The fourth-order valence-corrected chi connectivity index (χ4v) is 2.81. The van der Waals surface area contributed by atoms with E-state index in [9.17, 15) is 0 Å². The van der Waals surface area contributed by atoms with Crippen LogP contribution in [0.4, 0.5) is 5.95 Å². The van der Waals surface area contributed by atoms with Crippen molar-refractivity contribution in [1.29, 1.82) is 0 Å². The molecule has 6 heteroatoms. The van der Waals surface area contributed by atoms with Crippen molar-refractivity contribution in [1.82, 2.24) is 19.4 Å². The maximum atomic E-state index is 6.02. The number of nitrogens with two attached hydrogens (primary N) is 1. The van der Waals surface area contributed by atoms with Crippen molar-refractivity contribution in [2.75, 3.05) is 26.4 Å². The Morgan fingerprint density at radius 2 is 2.11 bits per heavy atom. The molecule has 0 atom stereocenters. The lowest BCUT2D eigenvalue weighted by Crippen LogP contribution is -2.32. The van der Waals surface area contributed by atoms with Gasteiger partial charge in [-0.2, -0.15) is 0 Å². The maximum Gasteiger partial charge on any atom is 0.202 e. The molecule has 0 saturated heterocycles. The molecule has 2 aromatic heterocycles. The number of nitrogens with zero attached hydrogens (tertiary/aromatic N) is 4. The lowest BCUT2D eigenvalue weighted by Gasteiger charge is -2.29. The highest BCUT2D eigenvalue weighted by Gasteiger charge is 2.22. The van der Waals surface area contributed by atoms with Crippen LogP contribution in [0, 0.1) is 5.41 Å². The van der Waals surface area contributed by atoms with E-state index in [1.807, 2.05) is 10.6 Å². The predicted molar refractivity (Wildman–Crippen MR) is 82.0 cm³/mol. The Balaban J connectivity index is 2.37. The molecule has 0 radical (unpaired) electrons. The van der Waals surface area contributed by atoms with Gasteiger partial charge in [-0.15, -0.1) is 0 Å². The minimum Gasteiger partial charge on any atom is -0.369 e. The van der Waals surface area contributed by atoms with Crippen molar-refractivity contribution in [3.8, 4) is 0 Å². The fraction of sp³-hybridized carbons (Fsp3) is 0.538. The van der Waals surface area contributed by atoms with Crippen molar-refractivity contribution >= 4 is 33.0 Å². The predicted octanol–water partition coefficient (Wildman–Crippen LogP) is 2.36. The van der Waals surface area contributed by atoms with Gasteiger partial charge in [-0.05, 0) is 41.5 Å². The van der Waals surface area contributed by atoms with E-state index in [1.54, 1.807) is 6.20 Å². The Kier molecular flexibility index (Phi) is 3.82. The largest absolute Gasteiger partial charge is 0.369 e. The van der Waals surface area contributed by atoms with E-state index in [4.69, 9.17) is 5.73 Å². The summed E-state index contributed by atoms with van der Waals surface area (Å²) in [6.07, 6.45) is 1.78. The summed E-state index contributed by atoms with van der Waals surface area (Å²) < 4.78 is 2.91. The summed E-state index contributed by atoms with van der Waals surface area (Å²) in [5, 5.41) is 0. The summed E-state index contributed by atoms with van der Waals surface area (Å²) in [6, 6.07) is 1.94. The number of aromatic nitrogens is 3. The smallest absolute Gasteiger partial charge is 0.202 e. The average Bonchev–Trinajstić information content (AvgIpc) is 2.52. The zero-order chi connectivity index (χ0) is 14.2. The van der Waals surface area contributed by atoms with Crippen LogP contribution in [0.5, 0.6) is 0 Å². The van der Waals surface area contributed by atoms with Crippen molar-refractivity contribution in [3.63, 3.8) is 0 Å². The summed E-state index contributed by atoms with van der Waals surface area (Å²) in [5.41, 5.74) is 7.79. The minimum atomic E-state index is 0.0972. The van der Waals surface area contributed by atoms with Crippen LogP contribution >= 0.6 is 15.9 Å². The zero-order valence-electron chi connectivity index (χ0n) is 11.8. The molecule has 104 valence electrons. The third kappa shape index (κ3) is 3.25. The molecule has 2 aromatic rings. The first-order valence-electron chi connectivity index (χ1n) is 6.20. The van der Waals surface area contributed by atoms with Crippen molar-refractivity contribution in [2.24, 2.45) is 5.41 Å². The third-order valence-electron chi connectivity index (χ3n) is 2.91. The molecule has 0 fully saturated rings. The highest BCUT2D eigenvalue weighted by molar-refractivity contribution is 9.10. The molecule has 5 nitrogen and oxygen atoms in total. The third-order valence-corrected chi connectivity index (χ3v) is 3.35. The standard InChI is InChI=1S/C13H20BrN5/c1-13(2,7-18(3)4)8-19-11-10(17-12(19)15)5-9(14)6-16-11/h5-6H,7-8H2,1-4H3,(H2,15,17). The number of fused-ring (bicyclic) bond motifs is 1. The Morgan fingerprint density at radius 3 is 2.74 bits per heavy atom. The lowest BCUT2D eigenvalue weighted by molar-refractivity contribution is 0.214. The van der Waals surface area contributed by atoms with Gasteiger partial charge in [0.1, 0.15) is 5.52 Å². The fourth-order valence-electron chi connectivity index (χ4n) is 2.49. The second-order valence-electron chi connectivity index (χ2n) is 5.95. The van der Waals surface area contributed by atoms with E-state index < -0.39 is 0 Å². The van der Waals surface area contributed by atoms with Gasteiger partial charge >= 0.3 is 0 Å². The first-order chi connectivity index (χ1) is 8.78. The van der Waals surface area contributed by atoms with Gasteiger partial charge in [0, 0.05) is 23.8 Å². The first-order valence-corrected chi connectivity index (χ1v) is 7.00. The molecule has 0 bridgehead atoms. The number of nitrogen functional groups attached to an aromatic ring is 1. The van der Waals surface area contributed by atoms with Gasteiger partial charge < -0.3 is 10.6 Å². The second kappa shape index (κ2) is 5.09. The van der Waals surface area contributed by atoms with Gasteiger partial charge in [0.25, 0.3) is 0 Å². The van der Waals surface area contributed by atoms with E-state index >= 15 is 0 Å². The number of hydrogen-bond acceptors (Lipinski definition) is 4. The summed E-state index contributed by atoms with van der Waals surface area (Å²) >= 11 is 3.40. The molecular formula is C13H20BrN5. The quantitative estimate of drug-likeness (QED) is 0.937. The first kappa shape index (κ1) is 14.3.